The summed E-state index contributed by atoms with van der Waals surface area (Å²) in [6, 6.07) is 5.39. The van der Waals surface area contributed by atoms with Gasteiger partial charge in [-0.3, -0.25) is 4.79 Å². The maximum atomic E-state index is 11.3. The first-order valence-electron chi connectivity index (χ1n) is 5.59. The molecule has 16 heavy (non-hydrogen) atoms. The summed E-state index contributed by atoms with van der Waals surface area (Å²) < 4.78 is 0.886. The normalized spacial score (nSPS) is 10.2. The molecule has 0 aromatic carbocycles. The molecule has 0 aliphatic carbocycles. The molecule has 0 bridgehead atoms. The zero-order valence-electron chi connectivity index (χ0n) is 9.26. The summed E-state index contributed by atoms with van der Waals surface area (Å²) in [7, 11) is 0. The van der Waals surface area contributed by atoms with Crippen LogP contribution in [0.25, 0.3) is 0 Å². The summed E-state index contributed by atoms with van der Waals surface area (Å²) in [5.41, 5.74) is 0.778. The van der Waals surface area contributed by atoms with E-state index in [2.05, 4.69) is 0 Å². The van der Waals surface area contributed by atoms with Gasteiger partial charge in [0.1, 0.15) is 0 Å². The van der Waals surface area contributed by atoms with Crippen LogP contribution in [0.2, 0.25) is 0 Å². The molecule has 0 aliphatic rings. The quantitative estimate of drug-likeness (QED) is 0.436. The van der Waals surface area contributed by atoms with Gasteiger partial charge < -0.3 is 10.3 Å². The molecule has 0 radical (unpaired) electrons. The molecule has 4 heteroatoms. The molecule has 0 saturated heterocycles. The Balaban J connectivity index is 2.12. The molecule has 4 nitrogen and oxygen atoms in total. The minimum atomic E-state index is -0.736. The Kier molecular flexibility index (Phi) is 5.32. The molecule has 1 heterocycles. The van der Waals surface area contributed by atoms with Crippen molar-refractivity contribution in [3.05, 3.63) is 35.3 Å². The number of nitrogens with zero attached hydrogens (tertiary/aromatic N) is 1. The van der Waals surface area contributed by atoms with Gasteiger partial charge in [0.05, 0.1) is 0 Å². The van der Waals surface area contributed by atoms with Gasteiger partial charge in [0.25, 0.3) is 0 Å². The summed E-state index contributed by atoms with van der Waals surface area (Å²) in [6.45, 7) is 0. The lowest BCUT2D eigenvalue weighted by Crippen LogP contribution is -2.30. The summed E-state index contributed by atoms with van der Waals surface area (Å²) in [6.07, 6.45) is 6.05. The third-order valence-corrected chi connectivity index (χ3v) is 2.48. The Morgan fingerprint density at radius 3 is 2.69 bits per heavy atom. The summed E-state index contributed by atoms with van der Waals surface area (Å²) in [5.74, 6) is -0.736. The number of carboxylic acid groups (broad SMARTS) is 1. The fraction of sp³-hybridized carbons (Fsp3) is 0.500. The smallest absolute Gasteiger partial charge is 0.303 e. The molecule has 0 atom stereocenters. The molecule has 88 valence electrons. The summed E-state index contributed by atoms with van der Waals surface area (Å²) in [5, 5.41) is 19.7. The van der Waals surface area contributed by atoms with Crippen molar-refractivity contribution < 1.29 is 14.6 Å². The van der Waals surface area contributed by atoms with Crippen LogP contribution < -0.4 is 4.73 Å². The van der Waals surface area contributed by atoms with E-state index >= 15 is 0 Å². The average molecular weight is 223 g/mol. The highest BCUT2D eigenvalue weighted by atomic mass is 16.5. The lowest BCUT2D eigenvalue weighted by molar-refractivity contribution is -0.614. The first-order chi connectivity index (χ1) is 7.70. The van der Waals surface area contributed by atoms with Crippen LogP contribution in [0, 0.1) is 5.21 Å². The molecule has 0 fully saturated rings. The van der Waals surface area contributed by atoms with Crippen molar-refractivity contribution in [3.8, 4) is 0 Å². The molecule has 1 aromatic rings. The molecule has 1 aromatic heterocycles. The highest BCUT2D eigenvalue weighted by Crippen LogP contribution is 2.06. The maximum Gasteiger partial charge on any atom is 0.303 e. The van der Waals surface area contributed by atoms with Crippen LogP contribution in [0.15, 0.2) is 24.4 Å². The van der Waals surface area contributed by atoms with Gasteiger partial charge in [-0.1, -0.05) is 18.9 Å². The standard InChI is InChI=1S/C12H17NO3/c14-12(15)9-4-2-1-3-7-11-8-5-6-10-13(11)16/h5-6,8,10H,1-4,7,9H2,(H,14,15). The minimum Gasteiger partial charge on any atom is -0.619 e. The van der Waals surface area contributed by atoms with E-state index in [0.717, 1.165) is 42.5 Å². The van der Waals surface area contributed by atoms with Crippen LogP contribution in [-0.4, -0.2) is 11.1 Å². The Morgan fingerprint density at radius 2 is 2.00 bits per heavy atom. The molecule has 0 spiro atoms. The van der Waals surface area contributed by atoms with E-state index in [-0.39, 0.29) is 6.42 Å². The molecular weight excluding hydrogens is 206 g/mol. The van der Waals surface area contributed by atoms with Crippen LogP contribution in [0.4, 0.5) is 0 Å². The number of aromatic nitrogens is 1. The van der Waals surface area contributed by atoms with Gasteiger partial charge in [-0.25, -0.2) is 0 Å². The minimum absolute atomic E-state index is 0.243. The lowest BCUT2D eigenvalue weighted by Gasteiger charge is -2.03. The molecule has 0 unspecified atom stereocenters. The second kappa shape index (κ2) is 6.82. The SMILES string of the molecule is O=C(O)CCCCCCc1cccc[n+]1[O-]. The maximum absolute atomic E-state index is 11.3. The number of rotatable bonds is 7. The first-order valence-corrected chi connectivity index (χ1v) is 5.59. The zero-order valence-corrected chi connectivity index (χ0v) is 9.26. The fourth-order valence-electron chi connectivity index (χ4n) is 1.59. The molecule has 1 rings (SSSR count). The van der Waals surface area contributed by atoms with Gasteiger partial charge >= 0.3 is 5.97 Å². The topological polar surface area (TPSA) is 64.2 Å². The number of unbranched alkanes of at least 4 members (excludes halogenated alkanes) is 3. The summed E-state index contributed by atoms with van der Waals surface area (Å²) >= 11 is 0. The molecule has 0 amide bonds. The van der Waals surface area contributed by atoms with Crippen molar-refractivity contribution >= 4 is 5.97 Å². The fourth-order valence-corrected chi connectivity index (χ4v) is 1.59. The third-order valence-electron chi connectivity index (χ3n) is 2.48. The van der Waals surface area contributed by atoms with Gasteiger partial charge in [-0.2, -0.15) is 4.73 Å². The predicted octanol–water partition coefficient (Wildman–Crippen LogP) is 1.90. The molecule has 0 saturated carbocycles. The van der Waals surface area contributed by atoms with E-state index in [9.17, 15) is 10.0 Å². The number of aryl methyl sites for hydroxylation is 1. The number of hydrogen-bond donors (Lipinski definition) is 1. The first kappa shape index (κ1) is 12.5. The predicted molar refractivity (Wildman–Crippen MR) is 59.8 cm³/mol. The Hall–Kier alpha value is -1.58. The largest absolute Gasteiger partial charge is 0.619 e. The average Bonchev–Trinajstić information content (AvgIpc) is 2.25. The third kappa shape index (κ3) is 4.77. The van der Waals surface area contributed by atoms with Crippen LogP contribution in [-0.2, 0) is 11.2 Å². The van der Waals surface area contributed by atoms with Crippen molar-refractivity contribution in [2.75, 3.05) is 0 Å². The van der Waals surface area contributed by atoms with E-state index < -0.39 is 5.97 Å². The van der Waals surface area contributed by atoms with Crippen LogP contribution >= 0.6 is 0 Å². The van der Waals surface area contributed by atoms with Crippen molar-refractivity contribution in [2.24, 2.45) is 0 Å². The number of aliphatic carboxylic acids is 1. The molecular formula is C12H17NO3. The van der Waals surface area contributed by atoms with Crippen LogP contribution in [0.3, 0.4) is 0 Å². The van der Waals surface area contributed by atoms with Crippen LogP contribution in [0.5, 0.6) is 0 Å². The second-order valence-corrected chi connectivity index (χ2v) is 3.83. The van der Waals surface area contributed by atoms with Crippen LogP contribution in [0.1, 0.15) is 37.8 Å². The van der Waals surface area contributed by atoms with Gasteiger partial charge in [-0.05, 0) is 12.8 Å². The van der Waals surface area contributed by atoms with Crippen molar-refractivity contribution in [3.63, 3.8) is 0 Å². The number of carboxylic acids is 1. The number of carbonyl (C=O) groups is 1. The van der Waals surface area contributed by atoms with Crippen molar-refractivity contribution in [1.82, 2.24) is 0 Å². The van der Waals surface area contributed by atoms with Gasteiger partial charge in [0.2, 0.25) is 0 Å². The van der Waals surface area contributed by atoms with Crippen molar-refractivity contribution in [1.29, 1.82) is 0 Å². The lowest BCUT2D eigenvalue weighted by atomic mass is 10.1. The highest BCUT2D eigenvalue weighted by Gasteiger charge is 2.02. The number of pyridine rings is 1. The second-order valence-electron chi connectivity index (χ2n) is 3.83. The van der Waals surface area contributed by atoms with Gasteiger partial charge in [-0.15, -0.1) is 0 Å². The molecule has 1 N–H and O–H groups in total. The number of hydrogen-bond acceptors (Lipinski definition) is 2. The van der Waals surface area contributed by atoms with Gasteiger partial charge in [0, 0.05) is 25.0 Å². The Labute approximate surface area is 95.1 Å². The van der Waals surface area contributed by atoms with Gasteiger partial charge in [0.15, 0.2) is 11.9 Å². The zero-order chi connectivity index (χ0) is 11.8. The monoisotopic (exact) mass is 223 g/mol. The van der Waals surface area contributed by atoms with E-state index in [0.29, 0.717) is 0 Å². The highest BCUT2D eigenvalue weighted by molar-refractivity contribution is 5.66. The van der Waals surface area contributed by atoms with E-state index in [1.165, 1.54) is 6.20 Å². The summed E-state index contributed by atoms with van der Waals surface area (Å²) in [4.78, 5) is 10.3. The Morgan fingerprint density at radius 1 is 1.25 bits per heavy atom. The van der Waals surface area contributed by atoms with E-state index in [4.69, 9.17) is 5.11 Å². The Bertz CT molecular complexity index is 339. The molecule has 0 aliphatic heterocycles. The van der Waals surface area contributed by atoms with Crippen molar-refractivity contribution in [2.45, 2.75) is 38.5 Å². The van der Waals surface area contributed by atoms with E-state index in [1.54, 1.807) is 6.07 Å². The van der Waals surface area contributed by atoms with E-state index in [1.807, 2.05) is 12.1 Å².